The Labute approximate surface area is 157 Å². The van der Waals surface area contributed by atoms with Crippen molar-refractivity contribution in [1.29, 1.82) is 0 Å². The molecule has 3 rings (SSSR count). The highest BCUT2D eigenvalue weighted by Gasteiger charge is 2.41. The van der Waals surface area contributed by atoms with Crippen molar-refractivity contribution in [3.63, 3.8) is 0 Å². The lowest BCUT2D eigenvalue weighted by atomic mass is 9.86. The van der Waals surface area contributed by atoms with Gasteiger partial charge in [0.2, 0.25) is 5.60 Å². The van der Waals surface area contributed by atoms with Crippen LogP contribution in [0.2, 0.25) is 0 Å². The zero-order valence-corrected chi connectivity index (χ0v) is 15.3. The molecule has 0 aliphatic rings. The second kappa shape index (κ2) is 8.14. The van der Waals surface area contributed by atoms with Crippen LogP contribution in [0.4, 0.5) is 0 Å². The van der Waals surface area contributed by atoms with Gasteiger partial charge in [-0.15, -0.1) is 0 Å². The van der Waals surface area contributed by atoms with Crippen LogP contribution in [-0.4, -0.2) is 21.2 Å². The SMILES string of the molecule is CC(C)Cc1noc(COC(=O)C(O)(c2ccccc2)c2ccccc2)n1. The van der Waals surface area contributed by atoms with Crippen molar-refractivity contribution < 1.29 is 19.2 Å². The van der Waals surface area contributed by atoms with E-state index in [0.29, 0.717) is 29.3 Å². The highest BCUT2D eigenvalue weighted by Crippen LogP contribution is 2.31. The molecule has 0 fully saturated rings. The smallest absolute Gasteiger partial charge is 0.348 e. The van der Waals surface area contributed by atoms with E-state index in [4.69, 9.17) is 9.26 Å². The summed E-state index contributed by atoms with van der Waals surface area (Å²) in [5.74, 6) is 0.350. The normalized spacial score (nSPS) is 11.6. The van der Waals surface area contributed by atoms with Gasteiger partial charge < -0.3 is 14.4 Å². The molecular formula is C21H22N2O4. The topological polar surface area (TPSA) is 85.5 Å². The summed E-state index contributed by atoms with van der Waals surface area (Å²) in [6.07, 6.45) is 0.676. The monoisotopic (exact) mass is 366 g/mol. The highest BCUT2D eigenvalue weighted by molar-refractivity contribution is 5.85. The van der Waals surface area contributed by atoms with E-state index in [9.17, 15) is 9.90 Å². The molecule has 1 N–H and O–H groups in total. The minimum absolute atomic E-state index is 0.197. The molecule has 0 unspecified atom stereocenters. The van der Waals surface area contributed by atoms with Crippen molar-refractivity contribution in [3.05, 3.63) is 83.5 Å². The summed E-state index contributed by atoms with van der Waals surface area (Å²) in [6, 6.07) is 17.4. The maximum atomic E-state index is 12.9. The quantitative estimate of drug-likeness (QED) is 0.646. The highest BCUT2D eigenvalue weighted by atomic mass is 16.6. The number of benzene rings is 2. The molecule has 0 saturated heterocycles. The summed E-state index contributed by atoms with van der Waals surface area (Å²) in [4.78, 5) is 17.1. The van der Waals surface area contributed by atoms with Gasteiger partial charge in [-0.1, -0.05) is 79.7 Å². The molecule has 0 saturated carbocycles. The number of hydrogen-bond acceptors (Lipinski definition) is 6. The molecule has 0 bridgehead atoms. The molecule has 0 aliphatic heterocycles. The lowest BCUT2D eigenvalue weighted by Gasteiger charge is -2.26. The molecule has 0 atom stereocenters. The summed E-state index contributed by atoms with van der Waals surface area (Å²) >= 11 is 0. The van der Waals surface area contributed by atoms with E-state index in [0.717, 1.165) is 0 Å². The summed E-state index contributed by atoms with van der Waals surface area (Å²) in [7, 11) is 0. The van der Waals surface area contributed by atoms with Gasteiger partial charge in [-0.25, -0.2) is 4.79 Å². The second-order valence-electron chi connectivity index (χ2n) is 6.72. The molecule has 1 heterocycles. The van der Waals surface area contributed by atoms with Crippen LogP contribution >= 0.6 is 0 Å². The third-order valence-electron chi connectivity index (χ3n) is 4.11. The third kappa shape index (κ3) is 4.23. The van der Waals surface area contributed by atoms with E-state index in [-0.39, 0.29) is 12.5 Å². The maximum Gasteiger partial charge on any atom is 0.348 e. The van der Waals surface area contributed by atoms with Gasteiger partial charge in [0.25, 0.3) is 5.89 Å². The Hall–Kier alpha value is -2.99. The number of nitrogens with zero attached hydrogens (tertiary/aromatic N) is 2. The fourth-order valence-electron chi connectivity index (χ4n) is 2.79. The molecular weight excluding hydrogens is 344 g/mol. The lowest BCUT2D eigenvalue weighted by Crippen LogP contribution is -2.38. The molecule has 0 radical (unpaired) electrons. The molecule has 3 aromatic rings. The zero-order valence-electron chi connectivity index (χ0n) is 15.3. The van der Waals surface area contributed by atoms with Crippen LogP contribution in [0.25, 0.3) is 0 Å². The largest absolute Gasteiger partial charge is 0.453 e. The van der Waals surface area contributed by atoms with Crippen molar-refractivity contribution in [1.82, 2.24) is 10.1 Å². The first kappa shape index (κ1) is 18.8. The van der Waals surface area contributed by atoms with Gasteiger partial charge in [0.1, 0.15) is 0 Å². The Bertz CT molecular complexity index is 836. The summed E-state index contributed by atoms with van der Waals surface area (Å²) < 4.78 is 10.5. The lowest BCUT2D eigenvalue weighted by molar-refractivity contribution is -0.164. The first-order chi connectivity index (χ1) is 13.0. The van der Waals surface area contributed by atoms with Crippen LogP contribution in [0, 0.1) is 5.92 Å². The second-order valence-corrected chi connectivity index (χ2v) is 6.72. The Morgan fingerprint density at radius 2 is 1.63 bits per heavy atom. The molecule has 0 amide bonds. The van der Waals surface area contributed by atoms with Gasteiger partial charge in [-0.05, 0) is 17.0 Å². The summed E-state index contributed by atoms with van der Waals surface area (Å²) in [5, 5.41) is 15.2. The molecule has 6 nitrogen and oxygen atoms in total. The number of ether oxygens (including phenoxy) is 1. The number of carbonyl (C=O) groups excluding carboxylic acids is 1. The number of rotatable bonds is 7. The van der Waals surface area contributed by atoms with E-state index in [1.54, 1.807) is 48.5 Å². The van der Waals surface area contributed by atoms with E-state index < -0.39 is 11.6 Å². The first-order valence-electron chi connectivity index (χ1n) is 8.82. The first-order valence-corrected chi connectivity index (χ1v) is 8.82. The molecule has 6 heteroatoms. The van der Waals surface area contributed by atoms with Gasteiger partial charge in [-0.2, -0.15) is 4.98 Å². The van der Waals surface area contributed by atoms with E-state index in [2.05, 4.69) is 24.0 Å². The van der Waals surface area contributed by atoms with Crippen LogP contribution in [0.3, 0.4) is 0 Å². The standard InChI is InChI=1S/C21H22N2O4/c1-15(2)13-18-22-19(27-23-18)14-26-20(24)21(25,16-9-5-3-6-10-16)17-11-7-4-8-12-17/h3-12,15,25H,13-14H2,1-2H3. The van der Waals surface area contributed by atoms with Crippen LogP contribution < -0.4 is 0 Å². The summed E-state index contributed by atoms with van der Waals surface area (Å²) in [6.45, 7) is 3.90. The number of aliphatic hydroxyl groups is 1. The van der Waals surface area contributed by atoms with Crippen LogP contribution in [0.5, 0.6) is 0 Å². The Morgan fingerprint density at radius 3 is 2.15 bits per heavy atom. The van der Waals surface area contributed by atoms with Crippen molar-refractivity contribution in [2.24, 2.45) is 5.92 Å². The van der Waals surface area contributed by atoms with Crippen molar-refractivity contribution >= 4 is 5.97 Å². The fourth-order valence-corrected chi connectivity index (χ4v) is 2.79. The fraction of sp³-hybridized carbons (Fsp3) is 0.286. The van der Waals surface area contributed by atoms with Crippen LogP contribution in [-0.2, 0) is 28.2 Å². The molecule has 0 spiro atoms. The average Bonchev–Trinajstić information content (AvgIpc) is 3.13. The van der Waals surface area contributed by atoms with Crippen LogP contribution in [0.15, 0.2) is 65.2 Å². The Kier molecular flexibility index (Phi) is 5.66. The van der Waals surface area contributed by atoms with Gasteiger partial charge in [0.15, 0.2) is 12.4 Å². The summed E-state index contributed by atoms with van der Waals surface area (Å²) in [5.41, 5.74) is -1.08. The number of hydrogen-bond donors (Lipinski definition) is 1. The number of esters is 1. The minimum Gasteiger partial charge on any atom is -0.453 e. The predicted molar refractivity (Wildman–Crippen MR) is 98.5 cm³/mol. The van der Waals surface area contributed by atoms with Crippen molar-refractivity contribution in [3.8, 4) is 0 Å². The number of aromatic nitrogens is 2. The molecule has 0 aliphatic carbocycles. The van der Waals surface area contributed by atoms with Crippen LogP contribution in [0.1, 0.15) is 36.7 Å². The van der Waals surface area contributed by atoms with Gasteiger partial charge in [0.05, 0.1) is 0 Å². The minimum atomic E-state index is -1.93. The Morgan fingerprint density at radius 1 is 1.07 bits per heavy atom. The molecule has 140 valence electrons. The molecule has 2 aromatic carbocycles. The van der Waals surface area contributed by atoms with E-state index >= 15 is 0 Å². The van der Waals surface area contributed by atoms with Gasteiger partial charge in [0, 0.05) is 6.42 Å². The predicted octanol–water partition coefficient (Wildman–Crippen LogP) is 3.25. The Balaban J connectivity index is 1.81. The van der Waals surface area contributed by atoms with Gasteiger partial charge >= 0.3 is 5.97 Å². The van der Waals surface area contributed by atoms with E-state index in [1.807, 2.05) is 12.1 Å². The van der Waals surface area contributed by atoms with Crippen molar-refractivity contribution in [2.45, 2.75) is 32.5 Å². The van der Waals surface area contributed by atoms with Gasteiger partial charge in [-0.3, -0.25) is 0 Å². The zero-order chi connectivity index (χ0) is 19.3. The number of carbonyl (C=O) groups is 1. The average molecular weight is 366 g/mol. The molecule has 27 heavy (non-hydrogen) atoms. The van der Waals surface area contributed by atoms with E-state index in [1.165, 1.54) is 0 Å². The third-order valence-corrected chi connectivity index (χ3v) is 4.11. The van der Waals surface area contributed by atoms with Crippen molar-refractivity contribution in [2.75, 3.05) is 0 Å². The molecule has 1 aromatic heterocycles. The maximum absolute atomic E-state index is 12.9.